The summed E-state index contributed by atoms with van der Waals surface area (Å²) in [4.78, 5) is 13.1. The lowest BCUT2D eigenvalue weighted by atomic mass is 9.98. The van der Waals surface area contributed by atoms with Gasteiger partial charge < -0.3 is 5.32 Å². The second-order valence-corrected chi connectivity index (χ2v) is 9.51. The number of piperidine rings is 1. The molecule has 152 valence electrons. The number of amides is 1. The van der Waals surface area contributed by atoms with Gasteiger partial charge in [-0.3, -0.25) is 9.48 Å². The fourth-order valence-corrected chi connectivity index (χ4v) is 5.66. The van der Waals surface area contributed by atoms with Crippen LogP contribution in [0.15, 0.2) is 23.1 Å². The Balaban J connectivity index is 1.80. The van der Waals surface area contributed by atoms with Crippen LogP contribution >= 0.6 is 0 Å². The molecular weight excluding hydrogens is 376 g/mol. The molecule has 28 heavy (non-hydrogen) atoms. The third-order valence-electron chi connectivity index (χ3n) is 5.45. The van der Waals surface area contributed by atoms with Crippen molar-refractivity contribution in [2.45, 2.75) is 45.4 Å². The van der Waals surface area contributed by atoms with E-state index in [1.165, 1.54) is 4.31 Å². The normalized spacial score (nSPS) is 18.2. The van der Waals surface area contributed by atoms with Gasteiger partial charge in [-0.15, -0.1) is 0 Å². The van der Waals surface area contributed by atoms with Crippen LogP contribution in [0.1, 0.15) is 35.4 Å². The van der Waals surface area contributed by atoms with Crippen molar-refractivity contribution in [1.82, 2.24) is 14.1 Å². The van der Waals surface area contributed by atoms with Crippen molar-refractivity contribution in [3.8, 4) is 0 Å². The van der Waals surface area contributed by atoms with E-state index in [0.29, 0.717) is 30.8 Å². The first-order valence-electron chi connectivity index (χ1n) is 9.49. The van der Waals surface area contributed by atoms with Crippen LogP contribution in [0.3, 0.4) is 0 Å². The molecule has 1 atom stereocenters. The van der Waals surface area contributed by atoms with Crippen LogP contribution in [0, 0.1) is 33.6 Å². The Kier molecular flexibility index (Phi) is 5.63. The molecule has 0 aliphatic carbocycles. The number of sulfonamides is 1. The fourth-order valence-electron chi connectivity index (χ4n) is 3.74. The van der Waals surface area contributed by atoms with E-state index in [0.717, 1.165) is 16.8 Å². The average Bonchev–Trinajstić information content (AvgIpc) is 2.90. The third-order valence-corrected chi connectivity index (χ3v) is 7.56. The van der Waals surface area contributed by atoms with E-state index in [1.54, 1.807) is 25.6 Å². The summed E-state index contributed by atoms with van der Waals surface area (Å²) < 4.78 is 29.4. The van der Waals surface area contributed by atoms with E-state index >= 15 is 0 Å². The van der Waals surface area contributed by atoms with Crippen molar-refractivity contribution >= 4 is 21.6 Å². The van der Waals surface area contributed by atoms with E-state index in [-0.39, 0.29) is 23.3 Å². The van der Waals surface area contributed by atoms with Crippen LogP contribution in [0.2, 0.25) is 0 Å². The van der Waals surface area contributed by atoms with Crippen LogP contribution < -0.4 is 5.32 Å². The molecule has 1 aromatic carbocycles. The minimum absolute atomic E-state index is 0.131. The van der Waals surface area contributed by atoms with Gasteiger partial charge in [0.1, 0.15) is 4.90 Å². The lowest BCUT2D eigenvalue weighted by Crippen LogP contribution is -2.44. The lowest BCUT2D eigenvalue weighted by molar-refractivity contribution is -0.120. The lowest BCUT2D eigenvalue weighted by Gasteiger charge is -2.31. The highest BCUT2D eigenvalue weighted by atomic mass is 32.2. The largest absolute Gasteiger partial charge is 0.326 e. The number of aromatic nitrogens is 2. The minimum Gasteiger partial charge on any atom is -0.326 e. The maximum atomic E-state index is 13.2. The summed E-state index contributed by atoms with van der Waals surface area (Å²) in [6.45, 7) is 7.98. The van der Waals surface area contributed by atoms with Gasteiger partial charge in [0, 0.05) is 25.8 Å². The molecule has 0 bridgehead atoms. The zero-order chi connectivity index (χ0) is 20.6. The summed E-state index contributed by atoms with van der Waals surface area (Å²) in [5.41, 5.74) is 3.93. The molecule has 1 aliphatic rings. The number of benzene rings is 1. The Morgan fingerprint density at radius 1 is 1.21 bits per heavy atom. The number of anilines is 1. The summed E-state index contributed by atoms with van der Waals surface area (Å²) in [6.07, 6.45) is 1.33. The molecule has 1 aliphatic heterocycles. The molecule has 1 fully saturated rings. The molecule has 0 spiro atoms. The Morgan fingerprint density at radius 3 is 2.57 bits per heavy atom. The first-order chi connectivity index (χ1) is 13.1. The monoisotopic (exact) mass is 404 g/mol. The average molecular weight is 405 g/mol. The van der Waals surface area contributed by atoms with Crippen molar-refractivity contribution in [2.75, 3.05) is 18.4 Å². The maximum Gasteiger partial charge on any atom is 0.246 e. The maximum absolute atomic E-state index is 13.2. The summed E-state index contributed by atoms with van der Waals surface area (Å²) in [7, 11) is -1.95. The standard InChI is InChI=1S/C20H28N4O3S/c1-13-8-9-14(2)18(11-13)21-20(25)17-7-6-10-24(12-17)28(26,27)19-15(3)22-23(5)16(19)4/h8-9,11,17H,6-7,10,12H2,1-5H3,(H,21,25)/t17-/m1/s1. The Labute approximate surface area is 166 Å². The van der Waals surface area contributed by atoms with Gasteiger partial charge in [0.05, 0.1) is 17.3 Å². The number of nitrogens with one attached hydrogen (secondary N) is 1. The summed E-state index contributed by atoms with van der Waals surface area (Å²) in [5, 5.41) is 7.21. The molecule has 0 unspecified atom stereocenters. The number of rotatable bonds is 4. The first kappa shape index (κ1) is 20.5. The second-order valence-electron chi connectivity index (χ2n) is 7.63. The van der Waals surface area contributed by atoms with Crippen LogP contribution in [0.5, 0.6) is 0 Å². The van der Waals surface area contributed by atoms with Gasteiger partial charge in [-0.25, -0.2) is 8.42 Å². The molecule has 8 heteroatoms. The number of nitrogens with zero attached hydrogens (tertiary/aromatic N) is 3. The van der Waals surface area contributed by atoms with E-state index in [2.05, 4.69) is 10.4 Å². The van der Waals surface area contributed by atoms with Gasteiger partial charge in [-0.05, 0) is 57.7 Å². The predicted molar refractivity (Wildman–Crippen MR) is 109 cm³/mol. The van der Waals surface area contributed by atoms with Crippen molar-refractivity contribution in [3.05, 3.63) is 40.7 Å². The highest BCUT2D eigenvalue weighted by molar-refractivity contribution is 7.89. The molecule has 1 N–H and O–H groups in total. The molecule has 1 saturated heterocycles. The quantitative estimate of drug-likeness (QED) is 0.849. The van der Waals surface area contributed by atoms with Gasteiger partial charge >= 0.3 is 0 Å². The summed E-state index contributed by atoms with van der Waals surface area (Å²) >= 11 is 0. The second kappa shape index (κ2) is 7.67. The van der Waals surface area contributed by atoms with Crippen molar-refractivity contribution in [1.29, 1.82) is 0 Å². The summed E-state index contributed by atoms with van der Waals surface area (Å²) in [5.74, 6) is -0.506. The Bertz CT molecular complexity index is 1010. The van der Waals surface area contributed by atoms with Crippen LogP contribution in [-0.4, -0.2) is 41.5 Å². The number of hydrogen-bond acceptors (Lipinski definition) is 4. The number of carbonyl (C=O) groups excluding carboxylic acids is 1. The molecule has 1 aromatic heterocycles. The van der Waals surface area contributed by atoms with E-state index < -0.39 is 10.0 Å². The Hall–Kier alpha value is -2.19. The highest BCUT2D eigenvalue weighted by Gasteiger charge is 2.36. The molecule has 7 nitrogen and oxygen atoms in total. The van der Waals surface area contributed by atoms with Crippen LogP contribution in [0.25, 0.3) is 0 Å². The smallest absolute Gasteiger partial charge is 0.246 e. The molecule has 1 amide bonds. The minimum atomic E-state index is -3.69. The molecule has 0 saturated carbocycles. The van der Waals surface area contributed by atoms with Crippen molar-refractivity contribution in [3.63, 3.8) is 0 Å². The van der Waals surface area contributed by atoms with E-state index in [4.69, 9.17) is 0 Å². The van der Waals surface area contributed by atoms with Crippen molar-refractivity contribution < 1.29 is 13.2 Å². The summed E-state index contributed by atoms with van der Waals surface area (Å²) in [6, 6.07) is 5.90. The number of hydrogen-bond donors (Lipinski definition) is 1. The number of aryl methyl sites for hydroxylation is 4. The van der Waals surface area contributed by atoms with Crippen LogP contribution in [0.4, 0.5) is 5.69 Å². The highest BCUT2D eigenvalue weighted by Crippen LogP contribution is 2.28. The van der Waals surface area contributed by atoms with Crippen LogP contribution in [-0.2, 0) is 21.9 Å². The Morgan fingerprint density at radius 2 is 1.93 bits per heavy atom. The first-order valence-corrected chi connectivity index (χ1v) is 10.9. The molecule has 0 radical (unpaired) electrons. The molecule has 2 heterocycles. The van der Waals surface area contributed by atoms with Gasteiger partial charge in [0.15, 0.2) is 0 Å². The van der Waals surface area contributed by atoms with Gasteiger partial charge in [0.2, 0.25) is 15.9 Å². The SMILES string of the molecule is Cc1ccc(C)c(NC(=O)[C@@H]2CCCN(S(=O)(=O)c3c(C)nn(C)c3C)C2)c1. The van der Waals surface area contributed by atoms with E-state index in [1.807, 2.05) is 32.0 Å². The van der Waals surface area contributed by atoms with E-state index in [9.17, 15) is 13.2 Å². The van der Waals surface area contributed by atoms with Gasteiger partial charge in [-0.1, -0.05) is 12.1 Å². The third kappa shape index (κ3) is 3.84. The predicted octanol–water partition coefficient (Wildman–Crippen LogP) is 2.69. The zero-order valence-electron chi connectivity index (χ0n) is 17.1. The topological polar surface area (TPSA) is 84.3 Å². The van der Waals surface area contributed by atoms with Crippen molar-refractivity contribution in [2.24, 2.45) is 13.0 Å². The molecular formula is C20H28N4O3S. The van der Waals surface area contributed by atoms with Gasteiger partial charge in [-0.2, -0.15) is 9.40 Å². The van der Waals surface area contributed by atoms with Gasteiger partial charge in [0.25, 0.3) is 0 Å². The number of carbonyl (C=O) groups is 1. The molecule has 2 aromatic rings. The molecule has 3 rings (SSSR count). The fraction of sp³-hybridized carbons (Fsp3) is 0.500. The zero-order valence-corrected chi connectivity index (χ0v) is 17.9.